The number of nitrogens with one attached hydrogen (secondary N) is 1. The molecule has 5 heteroatoms. The van der Waals surface area contributed by atoms with Gasteiger partial charge in [-0.2, -0.15) is 0 Å². The number of hydrogen-bond donors (Lipinski definition) is 2. The highest BCUT2D eigenvalue weighted by Crippen LogP contribution is 2.26. The molecule has 23 heavy (non-hydrogen) atoms. The molecule has 1 aliphatic rings. The molecular weight excluding hydrogens is 401 g/mol. The molecule has 3 N–H and O–H groups in total. The summed E-state index contributed by atoms with van der Waals surface area (Å²) in [5.41, 5.74) is 7.19. The average molecular weight is 431 g/mol. The molecule has 0 aliphatic heterocycles. The molecule has 0 unspecified atom stereocenters. The van der Waals surface area contributed by atoms with Crippen LogP contribution in [0.5, 0.6) is 5.75 Å². The Bertz CT molecular complexity index is 511. The normalized spacial score (nSPS) is 16.6. The molecule has 0 aromatic heterocycles. The van der Waals surface area contributed by atoms with Gasteiger partial charge in [0.25, 0.3) is 0 Å². The molecular formula is C18H30IN3O. The summed E-state index contributed by atoms with van der Waals surface area (Å²) in [6.07, 6.45) is 6.34. The van der Waals surface area contributed by atoms with E-state index in [1.54, 1.807) is 7.11 Å². The average Bonchev–Trinajstić information content (AvgIpc) is 2.54. The van der Waals surface area contributed by atoms with Crippen LogP contribution in [-0.4, -0.2) is 25.7 Å². The number of nitrogens with zero attached hydrogens (tertiary/aromatic N) is 1. The van der Waals surface area contributed by atoms with Crippen molar-refractivity contribution in [3.63, 3.8) is 0 Å². The SMILES string of the molecule is COc1cccc(C(C)(C)CN=C(N)NC2CCCCC2)c1.I. The van der Waals surface area contributed by atoms with Gasteiger partial charge in [0.05, 0.1) is 13.7 Å². The second-order valence-electron chi connectivity index (χ2n) is 6.80. The van der Waals surface area contributed by atoms with Crippen LogP contribution in [0.2, 0.25) is 0 Å². The van der Waals surface area contributed by atoms with Crippen LogP contribution in [0.4, 0.5) is 0 Å². The summed E-state index contributed by atoms with van der Waals surface area (Å²) in [6, 6.07) is 8.66. The lowest BCUT2D eigenvalue weighted by atomic mass is 9.84. The fraction of sp³-hybridized carbons (Fsp3) is 0.611. The summed E-state index contributed by atoms with van der Waals surface area (Å²) in [5, 5.41) is 3.37. The van der Waals surface area contributed by atoms with Crippen molar-refractivity contribution in [3.05, 3.63) is 29.8 Å². The number of nitrogens with two attached hydrogens (primary N) is 1. The summed E-state index contributed by atoms with van der Waals surface area (Å²) >= 11 is 0. The maximum Gasteiger partial charge on any atom is 0.188 e. The lowest BCUT2D eigenvalue weighted by Crippen LogP contribution is -2.41. The van der Waals surface area contributed by atoms with Gasteiger partial charge in [0.1, 0.15) is 5.75 Å². The van der Waals surface area contributed by atoms with E-state index < -0.39 is 0 Å². The predicted molar refractivity (Wildman–Crippen MR) is 108 cm³/mol. The van der Waals surface area contributed by atoms with Gasteiger partial charge in [-0.05, 0) is 30.5 Å². The number of aliphatic imine (C=N–C) groups is 1. The number of halogens is 1. The first kappa shape index (κ1) is 20.1. The zero-order chi connectivity index (χ0) is 16.0. The van der Waals surface area contributed by atoms with Crippen LogP contribution < -0.4 is 15.8 Å². The highest BCUT2D eigenvalue weighted by Gasteiger charge is 2.21. The monoisotopic (exact) mass is 431 g/mol. The zero-order valence-electron chi connectivity index (χ0n) is 14.5. The van der Waals surface area contributed by atoms with Crippen LogP contribution in [0.15, 0.2) is 29.3 Å². The van der Waals surface area contributed by atoms with Crippen molar-refractivity contribution in [1.29, 1.82) is 0 Å². The smallest absolute Gasteiger partial charge is 0.188 e. The minimum atomic E-state index is -0.0760. The van der Waals surface area contributed by atoms with Gasteiger partial charge < -0.3 is 15.8 Å². The molecule has 2 rings (SSSR count). The first-order valence-corrected chi connectivity index (χ1v) is 8.22. The third kappa shape index (κ3) is 6.20. The second-order valence-corrected chi connectivity index (χ2v) is 6.80. The number of methoxy groups -OCH3 is 1. The highest BCUT2D eigenvalue weighted by molar-refractivity contribution is 14.0. The van der Waals surface area contributed by atoms with Crippen molar-refractivity contribution in [2.45, 2.75) is 57.4 Å². The molecule has 4 nitrogen and oxygen atoms in total. The quantitative estimate of drug-likeness (QED) is 0.423. The van der Waals surface area contributed by atoms with Crippen LogP contribution >= 0.6 is 24.0 Å². The third-order valence-corrected chi connectivity index (χ3v) is 4.45. The molecule has 1 fully saturated rings. The Hall–Kier alpha value is -0.980. The molecule has 0 heterocycles. The molecule has 0 atom stereocenters. The zero-order valence-corrected chi connectivity index (χ0v) is 16.8. The summed E-state index contributed by atoms with van der Waals surface area (Å²) in [6.45, 7) is 5.02. The van der Waals surface area contributed by atoms with E-state index in [9.17, 15) is 0 Å². The van der Waals surface area contributed by atoms with Crippen molar-refractivity contribution in [1.82, 2.24) is 5.32 Å². The molecule has 0 saturated heterocycles. The molecule has 1 aromatic rings. The van der Waals surface area contributed by atoms with E-state index in [1.807, 2.05) is 12.1 Å². The van der Waals surface area contributed by atoms with E-state index >= 15 is 0 Å². The Labute approximate surface area is 157 Å². The Kier molecular flexibility index (Phi) is 8.16. The van der Waals surface area contributed by atoms with Crippen LogP contribution in [-0.2, 0) is 5.41 Å². The van der Waals surface area contributed by atoms with Crippen LogP contribution in [0.1, 0.15) is 51.5 Å². The molecule has 130 valence electrons. The van der Waals surface area contributed by atoms with E-state index in [0.29, 0.717) is 18.5 Å². The standard InChI is InChI=1S/C18H29N3O.HI/c1-18(2,14-8-7-11-16(12-14)22-3)13-20-17(19)21-15-9-5-4-6-10-15;/h7-8,11-12,15H,4-6,9-10,13H2,1-3H3,(H3,19,20,21);1H. The lowest BCUT2D eigenvalue weighted by Gasteiger charge is -2.26. The first-order chi connectivity index (χ1) is 10.5. The van der Waals surface area contributed by atoms with Gasteiger partial charge in [0.15, 0.2) is 5.96 Å². The van der Waals surface area contributed by atoms with E-state index in [0.717, 1.165) is 5.75 Å². The maximum absolute atomic E-state index is 6.06. The van der Waals surface area contributed by atoms with E-state index in [2.05, 4.69) is 36.3 Å². The van der Waals surface area contributed by atoms with Crippen molar-refractivity contribution >= 4 is 29.9 Å². The van der Waals surface area contributed by atoms with Crippen LogP contribution in [0.25, 0.3) is 0 Å². The number of hydrogen-bond acceptors (Lipinski definition) is 2. The molecule has 0 amide bonds. The molecule has 0 spiro atoms. The molecule has 0 radical (unpaired) electrons. The minimum absolute atomic E-state index is 0. The number of ether oxygens (including phenoxy) is 1. The second kappa shape index (κ2) is 9.35. The lowest BCUT2D eigenvalue weighted by molar-refractivity contribution is 0.410. The topological polar surface area (TPSA) is 59.6 Å². The van der Waals surface area contributed by atoms with Gasteiger partial charge in [-0.25, -0.2) is 0 Å². The van der Waals surface area contributed by atoms with Crippen LogP contribution in [0, 0.1) is 0 Å². The number of benzene rings is 1. The minimum Gasteiger partial charge on any atom is -0.497 e. The fourth-order valence-electron chi connectivity index (χ4n) is 2.92. The molecule has 1 saturated carbocycles. The summed E-state index contributed by atoms with van der Waals surface area (Å²) in [7, 11) is 1.69. The maximum atomic E-state index is 6.06. The Morgan fingerprint density at radius 3 is 2.65 bits per heavy atom. The third-order valence-electron chi connectivity index (χ3n) is 4.45. The van der Waals surface area contributed by atoms with Gasteiger partial charge in [0, 0.05) is 11.5 Å². The Balaban J connectivity index is 0.00000264. The van der Waals surface area contributed by atoms with Crippen LogP contribution in [0.3, 0.4) is 0 Å². The Morgan fingerprint density at radius 2 is 2.00 bits per heavy atom. The van der Waals surface area contributed by atoms with E-state index in [1.165, 1.54) is 37.7 Å². The summed E-state index contributed by atoms with van der Waals surface area (Å²) < 4.78 is 5.30. The van der Waals surface area contributed by atoms with Gasteiger partial charge in [-0.15, -0.1) is 24.0 Å². The van der Waals surface area contributed by atoms with Gasteiger partial charge in [-0.3, -0.25) is 4.99 Å². The predicted octanol–water partition coefficient (Wildman–Crippen LogP) is 3.83. The van der Waals surface area contributed by atoms with Gasteiger partial charge in [-0.1, -0.05) is 45.2 Å². The van der Waals surface area contributed by atoms with E-state index in [4.69, 9.17) is 10.5 Å². The van der Waals surface area contributed by atoms with Gasteiger partial charge >= 0.3 is 0 Å². The van der Waals surface area contributed by atoms with Gasteiger partial charge in [0.2, 0.25) is 0 Å². The van der Waals surface area contributed by atoms with E-state index in [-0.39, 0.29) is 29.4 Å². The summed E-state index contributed by atoms with van der Waals surface area (Å²) in [5.74, 6) is 1.45. The molecule has 0 bridgehead atoms. The first-order valence-electron chi connectivity index (χ1n) is 8.22. The summed E-state index contributed by atoms with van der Waals surface area (Å²) in [4.78, 5) is 4.56. The molecule has 1 aliphatic carbocycles. The fourth-order valence-corrected chi connectivity index (χ4v) is 2.92. The van der Waals surface area contributed by atoms with Crippen molar-refractivity contribution in [2.24, 2.45) is 10.7 Å². The number of rotatable bonds is 5. The molecule has 1 aromatic carbocycles. The van der Waals surface area contributed by atoms with Crippen molar-refractivity contribution < 1.29 is 4.74 Å². The van der Waals surface area contributed by atoms with Crippen molar-refractivity contribution in [3.8, 4) is 5.75 Å². The highest BCUT2D eigenvalue weighted by atomic mass is 127. The largest absolute Gasteiger partial charge is 0.497 e. The van der Waals surface area contributed by atoms with Crippen molar-refractivity contribution in [2.75, 3.05) is 13.7 Å². The number of guanidine groups is 1. The Morgan fingerprint density at radius 1 is 1.30 bits per heavy atom.